The third kappa shape index (κ3) is 4.58. The minimum atomic E-state index is 0.117. The average molecular weight is 256 g/mol. The molecule has 0 aliphatic carbocycles. The molecule has 1 saturated heterocycles. The molecular weight excluding hydrogens is 228 g/mol. The van der Waals surface area contributed by atoms with Gasteiger partial charge in [0.1, 0.15) is 0 Å². The van der Waals surface area contributed by atoms with E-state index >= 15 is 0 Å². The zero-order valence-corrected chi connectivity index (χ0v) is 12.2. The summed E-state index contributed by atoms with van der Waals surface area (Å²) in [5, 5.41) is 3.63. The summed E-state index contributed by atoms with van der Waals surface area (Å²) in [5.74, 6) is 0.406. The number of amides is 1. The summed E-state index contributed by atoms with van der Waals surface area (Å²) in [5.41, 5.74) is 0. The molecule has 1 rings (SSSR count). The van der Waals surface area contributed by atoms with Crippen molar-refractivity contribution < 1.29 is 9.53 Å². The summed E-state index contributed by atoms with van der Waals surface area (Å²) in [4.78, 5) is 13.9. The monoisotopic (exact) mass is 256 g/mol. The number of ether oxygens (including phenoxy) is 1. The smallest absolute Gasteiger partial charge is 0.225 e. The maximum Gasteiger partial charge on any atom is 0.225 e. The Hall–Kier alpha value is -0.610. The third-order valence-corrected chi connectivity index (χ3v) is 3.63. The fraction of sp³-hybridized carbons (Fsp3) is 0.929. The van der Waals surface area contributed by atoms with E-state index in [4.69, 9.17) is 4.74 Å². The predicted molar refractivity (Wildman–Crippen MR) is 73.5 cm³/mol. The molecule has 0 aromatic rings. The van der Waals surface area contributed by atoms with Crippen LogP contribution in [0.4, 0.5) is 0 Å². The maximum atomic E-state index is 11.9. The summed E-state index contributed by atoms with van der Waals surface area (Å²) < 4.78 is 5.20. The van der Waals surface area contributed by atoms with Crippen LogP contribution >= 0.6 is 0 Å². The zero-order valence-electron chi connectivity index (χ0n) is 12.2. The number of piperidine rings is 1. The van der Waals surface area contributed by atoms with Crippen molar-refractivity contribution in [2.45, 2.75) is 52.1 Å². The van der Waals surface area contributed by atoms with E-state index in [9.17, 15) is 4.79 Å². The van der Waals surface area contributed by atoms with Crippen molar-refractivity contribution >= 4 is 5.91 Å². The van der Waals surface area contributed by atoms with Gasteiger partial charge in [-0.3, -0.25) is 4.79 Å². The number of nitrogens with zero attached hydrogens (tertiary/aromatic N) is 1. The van der Waals surface area contributed by atoms with Crippen LogP contribution in [0.25, 0.3) is 0 Å². The largest absolute Gasteiger partial charge is 0.383 e. The molecule has 1 fully saturated rings. The number of nitrogens with one attached hydrogen (secondary N) is 1. The number of hydrogen-bond acceptors (Lipinski definition) is 3. The molecule has 4 nitrogen and oxygen atoms in total. The zero-order chi connectivity index (χ0) is 13.5. The van der Waals surface area contributed by atoms with Gasteiger partial charge in [-0.2, -0.15) is 0 Å². The Morgan fingerprint density at radius 2 is 2.00 bits per heavy atom. The quantitative estimate of drug-likeness (QED) is 0.785. The molecule has 106 valence electrons. The SMILES string of the molecule is CCC(COC)NC1CCN(C(=O)C(C)C)CC1. The Morgan fingerprint density at radius 1 is 1.39 bits per heavy atom. The lowest BCUT2D eigenvalue weighted by molar-refractivity contribution is -0.135. The van der Waals surface area contributed by atoms with E-state index in [1.165, 1.54) is 0 Å². The van der Waals surface area contributed by atoms with Crippen molar-refractivity contribution in [1.29, 1.82) is 0 Å². The maximum absolute atomic E-state index is 11.9. The molecule has 4 heteroatoms. The van der Waals surface area contributed by atoms with Crippen molar-refractivity contribution in [3.05, 3.63) is 0 Å². The predicted octanol–water partition coefficient (Wildman–Crippen LogP) is 1.65. The van der Waals surface area contributed by atoms with Crippen LogP contribution in [0.1, 0.15) is 40.0 Å². The highest BCUT2D eigenvalue weighted by atomic mass is 16.5. The van der Waals surface area contributed by atoms with E-state index in [1.807, 2.05) is 18.7 Å². The first kappa shape index (κ1) is 15.4. The van der Waals surface area contributed by atoms with Gasteiger partial charge >= 0.3 is 0 Å². The van der Waals surface area contributed by atoms with Crippen molar-refractivity contribution in [3.63, 3.8) is 0 Å². The van der Waals surface area contributed by atoms with Gasteiger partial charge in [0.05, 0.1) is 6.61 Å². The Labute approximate surface area is 111 Å². The van der Waals surface area contributed by atoms with Crippen LogP contribution in [0.3, 0.4) is 0 Å². The molecule has 0 aromatic carbocycles. The molecule has 0 aromatic heterocycles. The number of hydrogen-bond donors (Lipinski definition) is 1. The highest BCUT2D eigenvalue weighted by Crippen LogP contribution is 2.14. The lowest BCUT2D eigenvalue weighted by Crippen LogP contribution is -2.49. The van der Waals surface area contributed by atoms with E-state index in [0.717, 1.165) is 39.0 Å². The van der Waals surface area contributed by atoms with Crippen LogP contribution in [-0.2, 0) is 9.53 Å². The second kappa shape index (κ2) is 7.74. The molecule has 0 radical (unpaired) electrons. The van der Waals surface area contributed by atoms with Gasteiger partial charge in [-0.25, -0.2) is 0 Å². The van der Waals surface area contributed by atoms with Gasteiger partial charge in [-0.05, 0) is 19.3 Å². The lowest BCUT2D eigenvalue weighted by Gasteiger charge is -2.35. The van der Waals surface area contributed by atoms with E-state index in [-0.39, 0.29) is 11.8 Å². The lowest BCUT2D eigenvalue weighted by atomic mass is 10.0. The molecule has 1 N–H and O–H groups in total. The standard InChI is InChI=1S/C14H28N2O2/c1-5-12(10-18-4)15-13-6-8-16(9-7-13)14(17)11(2)3/h11-13,15H,5-10H2,1-4H3. The highest BCUT2D eigenvalue weighted by molar-refractivity contribution is 5.78. The van der Waals surface area contributed by atoms with Gasteiger partial charge in [0.2, 0.25) is 5.91 Å². The Bertz CT molecular complexity index is 248. The summed E-state index contributed by atoms with van der Waals surface area (Å²) in [6, 6.07) is 0.966. The van der Waals surface area contributed by atoms with Gasteiger partial charge in [0, 0.05) is 38.2 Å². The van der Waals surface area contributed by atoms with Crippen LogP contribution in [0, 0.1) is 5.92 Å². The first-order valence-electron chi connectivity index (χ1n) is 7.12. The summed E-state index contributed by atoms with van der Waals surface area (Å²) >= 11 is 0. The molecule has 0 spiro atoms. The van der Waals surface area contributed by atoms with E-state index in [0.29, 0.717) is 12.1 Å². The topological polar surface area (TPSA) is 41.6 Å². The van der Waals surface area contributed by atoms with Crippen LogP contribution < -0.4 is 5.32 Å². The van der Waals surface area contributed by atoms with Crippen LogP contribution in [0.15, 0.2) is 0 Å². The molecule has 1 unspecified atom stereocenters. The number of carbonyl (C=O) groups excluding carboxylic acids is 1. The van der Waals surface area contributed by atoms with Crippen molar-refractivity contribution in [2.24, 2.45) is 5.92 Å². The minimum Gasteiger partial charge on any atom is -0.383 e. The average Bonchev–Trinajstić information content (AvgIpc) is 2.38. The molecule has 0 bridgehead atoms. The van der Waals surface area contributed by atoms with Crippen LogP contribution in [-0.4, -0.2) is 49.7 Å². The second-order valence-electron chi connectivity index (χ2n) is 5.48. The number of carbonyl (C=O) groups is 1. The van der Waals surface area contributed by atoms with Crippen molar-refractivity contribution in [2.75, 3.05) is 26.8 Å². The Kier molecular flexibility index (Phi) is 6.65. The molecule has 1 heterocycles. The van der Waals surface area contributed by atoms with Crippen molar-refractivity contribution in [3.8, 4) is 0 Å². The highest BCUT2D eigenvalue weighted by Gasteiger charge is 2.25. The number of likely N-dealkylation sites (tertiary alicyclic amines) is 1. The first-order valence-corrected chi connectivity index (χ1v) is 7.12. The Morgan fingerprint density at radius 3 is 2.44 bits per heavy atom. The molecular formula is C14H28N2O2. The van der Waals surface area contributed by atoms with Gasteiger partial charge in [0.15, 0.2) is 0 Å². The first-order chi connectivity index (χ1) is 8.58. The van der Waals surface area contributed by atoms with Gasteiger partial charge < -0.3 is 15.0 Å². The van der Waals surface area contributed by atoms with Gasteiger partial charge in [-0.15, -0.1) is 0 Å². The number of rotatable bonds is 6. The fourth-order valence-electron chi connectivity index (χ4n) is 2.45. The molecule has 18 heavy (non-hydrogen) atoms. The van der Waals surface area contributed by atoms with E-state index in [2.05, 4.69) is 12.2 Å². The molecule has 1 amide bonds. The molecule has 1 atom stereocenters. The van der Waals surface area contributed by atoms with Gasteiger partial charge in [0.25, 0.3) is 0 Å². The number of methoxy groups -OCH3 is 1. The second-order valence-corrected chi connectivity index (χ2v) is 5.48. The summed E-state index contributed by atoms with van der Waals surface area (Å²) in [7, 11) is 1.74. The summed E-state index contributed by atoms with van der Waals surface area (Å²) in [6.07, 6.45) is 3.19. The van der Waals surface area contributed by atoms with Gasteiger partial charge in [-0.1, -0.05) is 20.8 Å². The summed E-state index contributed by atoms with van der Waals surface area (Å²) in [6.45, 7) is 8.66. The normalized spacial score (nSPS) is 19.3. The van der Waals surface area contributed by atoms with Crippen molar-refractivity contribution in [1.82, 2.24) is 10.2 Å². The Balaban J connectivity index is 2.32. The van der Waals surface area contributed by atoms with E-state index < -0.39 is 0 Å². The minimum absolute atomic E-state index is 0.117. The molecule has 1 aliphatic rings. The fourth-order valence-corrected chi connectivity index (χ4v) is 2.45. The molecule has 1 aliphatic heterocycles. The molecule has 0 saturated carbocycles. The van der Waals surface area contributed by atoms with Crippen LogP contribution in [0.2, 0.25) is 0 Å². The third-order valence-electron chi connectivity index (χ3n) is 3.63. The van der Waals surface area contributed by atoms with Crippen LogP contribution in [0.5, 0.6) is 0 Å². The van der Waals surface area contributed by atoms with E-state index in [1.54, 1.807) is 7.11 Å².